The van der Waals surface area contributed by atoms with Crippen LogP contribution in [0.2, 0.25) is 0 Å². The number of nitrogens with two attached hydrogens (primary N) is 1. The van der Waals surface area contributed by atoms with Crippen molar-refractivity contribution in [1.82, 2.24) is 15.3 Å². The number of nitrogens with zero attached hydrogens (tertiary/aromatic N) is 2. The van der Waals surface area contributed by atoms with Gasteiger partial charge in [-0.05, 0) is 38.0 Å². The van der Waals surface area contributed by atoms with Gasteiger partial charge in [0.25, 0.3) is 17.7 Å². The summed E-state index contributed by atoms with van der Waals surface area (Å²) in [5.74, 6) is -6.48. The molecule has 11 heteroatoms. The molecule has 1 heterocycles. The lowest BCUT2D eigenvalue weighted by atomic mass is 9.97. The average Bonchev–Trinajstić information content (AvgIpc) is 3.52. The first kappa shape index (κ1) is 21.6. The minimum atomic E-state index is -4.92. The first-order valence-corrected chi connectivity index (χ1v) is 8.93. The van der Waals surface area contributed by atoms with Crippen LogP contribution in [0.25, 0.3) is 0 Å². The summed E-state index contributed by atoms with van der Waals surface area (Å²) in [6, 6.07) is 0.643. The van der Waals surface area contributed by atoms with Crippen LogP contribution in [0.3, 0.4) is 0 Å². The Balaban J connectivity index is 1.94. The Kier molecular flexibility index (Phi) is 5.48. The number of carbonyl (C=O) groups excluding carboxylic acids is 2. The molecular formula is C19H17F5N4O2. The maximum absolute atomic E-state index is 14.5. The number of aromatic nitrogens is 2. The highest BCUT2D eigenvalue weighted by molar-refractivity contribution is 5.95. The van der Waals surface area contributed by atoms with Crippen molar-refractivity contribution in [2.45, 2.75) is 37.9 Å². The van der Waals surface area contributed by atoms with E-state index in [1.165, 1.54) is 19.3 Å². The van der Waals surface area contributed by atoms with Crippen LogP contribution in [0.5, 0.6) is 0 Å². The fourth-order valence-electron chi connectivity index (χ4n) is 3.00. The highest BCUT2D eigenvalue weighted by Gasteiger charge is 2.49. The van der Waals surface area contributed by atoms with Crippen molar-refractivity contribution in [1.29, 1.82) is 0 Å². The average molecular weight is 428 g/mol. The van der Waals surface area contributed by atoms with Gasteiger partial charge in [-0.3, -0.25) is 14.6 Å². The van der Waals surface area contributed by atoms with Gasteiger partial charge in [0.15, 0.2) is 5.69 Å². The summed E-state index contributed by atoms with van der Waals surface area (Å²) in [6.07, 6.45) is -2.07. The summed E-state index contributed by atoms with van der Waals surface area (Å²) in [5.41, 5.74) is 2.17. The maximum Gasteiger partial charge on any atom is 0.416 e. The molecule has 2 amide bonds. The lowest BCUT2D eigenvalue weighted by molar-refractivity contribution is -0.137. The van der Waals surface area contributed by atoms with Crippen molar-refractivity contribution >= 4 is 11.8 Å². The number of hydrogen-bond donors (Lipinski definition) is 2. The van der Waals surface area contributed by atoms with E-state index in [9.17, 15) is 31.5 Å². The topological polar surface area (TPSA) is 98.0 Å². The van der Waals surface area contributed by atoms with Gasteiger partial charge in [-0.1, -0.05) is 0 Å². The highest BCUT2D eigenvalue weighted by atomic mass is 19.4. The van der Waals surface area contributed by atoms with E-state index in [1.54, 1.807) is 0 Å². The van der Waals surface area contributed by atoms with Gasteiger partial charge in [0.1, 0.15) is 0 Å². The number of rotatable bonds is 6. The van der Waals surface area contributed by atoms with Gasteiger partial charge in [-0.2, -0.15) is 13.2 Å². The molecule has 0 bridgehead atoms. The van der Waals surface area contributed by atoms with Crippen molar-refractivity contribution in [3.8, 4) is 0 Å². The molecular weight excluding hydrogens is 411 g/mol. The number of halogens is 5. The zero-order valence-corrected chi connectivity index (χ0v) is 15.6. The van der Waals surface area contributed by atoms with E-state index >= 15 is 0 Å². The maximum atomic E-state index is 14.5. The van der Waals surface area contributed by atoms with Crippen LogP contribution in [-0.4, -0.2) is 21.8 Å². The smallest absolute Gasteiger partial charge is 0.364 e. The molecule has 160 valence electrons. The number of nitrogens with one attached hydrogen (secondary N) is 1. The Labute approximate surface area is 167 Å². The summed E-state index contributed by atoms with van der Waals surface area (Å²) in [5, 5.41) is 2.35. The number of amides is 2. The zero-order chi connectivity index (χ0) is 22.3. The summed E-state index contributed by atoms with van der Waals surface area (Å²) < 4.78 is 68.6. The van der Waals surface area contributed by atoms with Gasteiger partial charge in [0.2, 0.25) is 0 Å². The lowest BCUT2D eigenvalue weighted by Crippen LogP contribution is -2.30. The molecule has 1 unspecified atom stereocenters. The van der Waals surface area contributed by atoms with Crippen molar-refractivity contribution in [2.75, 3.05) is 0 Å². The monoisotopic (exact) mass is 428 g/mol. The van der Waals surface area contributed by atoms with Crippen molar-refractivity contribution in [2.24, 2.45) is 11.7 Å². The zero-order valence-electron chi connectivity index (χ0n) is 15.6. The van der Waals surface area contributed by atoms with E-state index in [1.807, 2.05) is 0 Å². The van der Waals surface area contributed by atoms with Crippen LogP contribution in [0.4, 0.5) is 22.0 Å². The first-order valence-electron chi connectivity index (χ1n) is 8.93. The fraction of sp³-hybridized carbons (Fsp3) is 0.368. The van der Waals surface area contributed by atoms with Gasteiger partial charge in [0, 0.05) is 29.4 Å². The molecule has 1 aromatic carbocycles. The molecule has 1 aliphatic rings. The normalized spacial score (nSPS) is 15.5. The van der Waals surface area contributed by atoms with Crippen LogP contribution in [0.1, 0.15) is 63.5 Å². The van der Waals surface area contributed by atoms with Crippen molar-refractivity contribution in [3.05, 3.63) is 58.7 Å². The molecule has 1 atom stereocenters. The Morgan fingerprint density at radius 2 is 1.67 bits per heavy atom. The molecule has 0 aliphatic heterocycles. The highest BCUT2D eigenvalue weighted by Crippen LogP contribution is 2.50. The molecule has 2 aromatic rings. The van der Waals surface area contributed by atoms with Gasteiger partial charge in [0.05, 0.1) is 17.3 Å². The first-order chi connectivity index (χ1) is 13.9. The molecule has 1 fully saturated rings. The quantitative estimate of drug-likeness (QED) is 0.687. The summed E-state index contributed by atoms with van der Waals surface area (Å²) >= 11 is 0. The molecule has 0 radical (unpaired) electrons. The van der Waals surface area contributed by atoms with Gasteiger partial charge < -0.3 is 11.1 Å². The van der Waals surface area contributed by atoms with E-state index < -0.39 is 52.6 Å². The van der Waals surface area contributed by atoms with E-state index in [-0.39, 0.29) is 24.2 Å². The molecule has 3 N–H and O–H groups in total. The number of carbonyl (C=O) groups is 2. The second kappa shape index (κ2) is 7.62. The second-order valence-electron chi connectivity index (χ2n) is 7.04. The standard InChI is InChI=1S/C19H17F5N4O2/c1-9(14-15(16(25)29)27-5-4-26-14)28-17(30)10-6-12(18(20,21)11-2-3-11)8-13(7-10)19(22,23)24/h4-9,11H,2-3H2,1H3,(H2,25,29)(H,28,30). The Morgan fingerprint density at radius 1 is 1.07 bits per heavy atom. The second-order valence-corrected chi connectivity index (χ2v) is 7.04. The third kappa shape index (κ3) is 4.39. The number of primary amides is 1. The van der Waals surface area contributed by atoms with Crippen LogP contribution in [-0.2, 0) is 12.1 Å². The summed E-state index contributed by atoms with van der Waals surface area (Å²) in [4.78, 5) is 31.7. The third-order valence-electron chi connectivity index (χ3n) is 4.72. The minimum absolute atomic E-state index is 0.00569. The molecule has 3 rings (SSSR count). The van der Waals surface area contributed by atoms with Crippen LogP contribution in [0.15, 0.2) is 30.6 Å². The SMILES string of the molecule is CC(NC(=O)c1cc(C(F)(F)F)cc(C(F)(F)C2CC2)c1)c1nccnc1C(N)=O. The van der Waals surface area contributed by atoms with Crippen LogP contribution in [0, 0.1) is 5.92 Å². The predicted molar refractivity (Wildman–Crippen MR) is 94.5 cm³/mol. The minimum Gasteiger partial charge on any atom is -0.364 e. The largest absolute Gasteiger partial charge is 0.416 e. The van der Waals surface area contributed by atoms with Crippen LogP contribution >= 0.6 is 0 Å². The molecule has 0 saturated heterocycles. The van der Waals surface area contributed by atoms with Crippen molar-refractivity contribution in [3.63, 3.8) is 0 Å². The van der Waals surface area contributed by atoms with E-state index in [4.69, 9.17) is 5.73 Å². The molecule has 1 aromatic heterocycles. The third-order valence-corrected chi connectivity index (χ3v) is 4.72. The Bertz CT molecular complexity index is 989. The Hall–Kier alpha value is -3.11. The summed E-state index contributed by atoms with van der Waals surface area (Å²) in [6.45, 7) is 1.40. The molecule has 0 spiro atoms. The van der Waals surface area contributed by atoms with E-state index in [0.717, 1.165) is 6.07 Å². The predicted octanol–water partition coefficient (Wildman–Crippen LogP) is 3.59. The van der Waals surface area contributed by atoms with Gasteiger partial charge in [-0.15, -0.1) is 0 Å². The number of benzene rings is 1. The molecule has 30 heavy (non-hydrogen) atoms. The molecule has 1 aliphatic carbocycles. The van der Waals surface area contributed by atoms with Crippen LogP contribution < -0.4 is 11.1 Å². The molecule has 1 saturated carbocycles. The lowest BCUT2D eigenvalue weighted by Gasteiger charge is -2.20. The summed E-state index contributed by atoms with van der Waals surface area (Å²) in [7, 11) is 0. The number of hydrogen-bond acceptors (Lipinski definition) is 4. The van der Waals surface area contributed by atoms with Crippen molar-refractivity contribution < 1.29 is 31.5 Å². The number of alkyl halides is 5. The van der Waals surface area contributed by atoms with Gasteiger partial charge in [-0.25, -0.2) is 13.8 Å². The van der Waals surface area contributed by atoms with E-state index in [0.29, 0.717) is 12.1 Å². The Morgan fingerprint density at radius 3 is 2.23 bits per heavy atom. The van der Waals surface area contributed by atoms with E-state index in [2.05, 4.69) is 15.3 Å². The van der Waals surface area contributed by atoms with Gasteiger partial charge >= 0.3 is 6.18 Å². The fourth-order valence-corrected chi connectivity index (χ4v) is 3.00. The molecule has 6 nitrogen and oxygen atoms in total.